The Morgan fingerprint density at radius 2 is 2.21 bits per heavy atom. The molecule has 2 aliphatic rings. The molecule has 126 valence electrons. The van der Waals surface area contributed by atoms with Gasteiger partial charge < -0.3 is 15.5 Å². The molecule has 1 aromatic carbocycles. The summed E-state index contributed by atoms with van der Waals surface area (Å²) in [6, 6.07) is 6.13. The van der Waals surface area contributed by atoms with Crippen molar-refractivity contribution in [2.45, 2.75) is 20.3 Å². The number of aryl methyl sites for hydroxylation is 2. The minimum absolute atomic E-state index is 0.0273. The van der Waals surface area contributed by atoms with E-state index in [0.29, 0.717) is 6.54 Å². The second-order valence-electron chi connectivity index (χ2n) is 6.41. The van der Waals surface area contributed by atoms with Crippen LogP contribution in [0.25, 0.3) is 0 Å². The summed E-state index contributed by atoms with van der Waals surface area (Å²) < 4.78 is 0. The molecule has 4 nitrogen and oxygen atoms in total. The van der Waals surface area contributed by atoms with Gasteiger partial charge in [0.15, 0.2) is 0 Å². The van der Waals surface area contributed by atoms with Crippen molar-refractivity contribution in [1.29, 1.82) is 0 Å². The van der Waals surface area contributed by atoms with Crippen LogP contribution in [0.5, 0.6) is 0 Å². The van der Waals surface area contributed by atoms with E-state index in [2.05, 4.69) is 45.9 Å². The average molecular weight is 323 g/mol. The zero-order valence-electron chi connectivity index (χ0n) is 14.4. The van der Waals surface area contributed by atoms with Gasteiger partial charge in [-0.3, -0.25) is 4.79 Å². The predicted octanol–water partition coefficient (Wildman–Crippen LogP) is 2.92. The zero-order valence-corrected chi connectivity index (χ0v) is 14.4. The molecule has 2 aliphatic heterocycles. The van der Waals surface area contributed by atoms with E-state index < -0.39 is 0 Å². The molecule has 3 rings (SSSR count). The van der Waals surface area contributed by atoms with Gasteiger partial charge >= 0.3 is 0 Å². The van der Waals surface area contributed by atoms with Crippen molar-refractivity contribution in [1.82, 2.24) is 10.2 Å². The van der Waals surface area contributed by atoms with Crippen molar-refractivity contribution in [2.24, 2.45) is 0 Å². The first-order valence-corrected chi connectivity index (χ1v) is 8.52. The number of anilines is 1. The summed E-state index contributed by atoms with van der Waals surface area (Å²) in [5, 5.41) is 6.39. The lowest BCUT2D eigenvalue weighted by molar-refractivity contribution is -0.116. The molecule has 1 aromatic rings. The van der Waals surface area contributed by atoms with Crippen LogP contribution in [-0.2, 0) is 4.79 Å². The minimum Gasteiger partial charge on any atom is -0.358 e. The first-order valence-electron chi connectivity index (χ1n) is 8.52. The van der Waals surface area contributed by atoms with Crippen molar-refractivity contribution >= 4 is 11.6 Å². The van der Waals surface area contributed by atoms with Crippen LogP contribution >= 0.6 is 0 Å². The standard InChI is InChI=1S/C20H25N3O/c1-15-6-7-16(2)18(13-15)22-20(24)14-23-12-4-3-5-19(23)17-8-10-21-11-9-17/h3-8,13,21H,9-12,14H2,1-2H3,(H,22,24). The van der Waals surface area contributed by atoms with Crippen molar-refractivity contribution in [2.75, 3.05) is 31.5 Å². The molecular formula is C20H25N3O. The third-order valence-electron chi connectivity index (χ3n) is 4.45. The molecule has 4 heteroatoms. The number of rotatable bonds is 4. The zero-order chi connectivity index (χ0) is 16.9. The number of nitrogens with zero attached hydrogens (tertiary/aromatic N) is 1. The van der Waals surface area contributed by atoms with Crippen LogP contribution in [0.2, 0.25) is 0 Å². The summed E-state index contributed by atoms with van der Waals surface area (Å²) in [5.74, 6) is 0.0273. The Hall–Kier alpha value is -2.33. The van der Waals surface area contributed by atoms with Gasteiger partial charge in [-0.25, -0.2) is 0 Å². The number of carbonyl (C=O) groups is 1. The Bertz CT molecular complexity index is 716. The number of nitrogens with one attached hydrogen (secondary N) is 2. The summed E-state index contributed by atoms with van der Waals surface area (Å²) in [6.07, 6.45) is 9.53. The topological polar surface area (TPSA) is 44.4 Å². The smallest absolute Gasteiger partial charge is 0.243 e. The first-order chi connectivity index (χ1) is 11.6. The van der Waals surface area contributed by atoms with Crippen LogP contribution in [0.1, 0.15) is 17.5 Å². The van der Waals surface area contributed by atoms with Crippen LogP contribution in [0, 0.1) is 13.8 Å². The Balaban J connectivity index is 1.69. The van der Waals surface area contributed by atoms with Gasteiger partial charge in [-0.05, 0) is 55.7 Å². The van der Waals surface area contributed by atoms with Gasteiger partial charge in [0.05, 0.1) is 6.54 Å². The third-order valence-corrected chi connectivity index (χ3v) is 4.45. The summed E-state index contributed by atoms with van der Waals surface area (Å²) in [4.78, 5) is 14.7. The van der Waals surface area contributed by atoms with E-state index in [0.717, 1.165) is 42.9 Å². The Kier molecular flexibility index (Phi) is 5.16. The molecule has 2 heterocycles. The van der Waals surface area contributed by atoms with E-state index in [1.165, 1.54) is 11.3 Å². The normalized spacial score (nSPS) is 17.3. The van der Waals surface area contributed by atoms with E-state index >= 15 is 0 Å². The van der Waals surface area contributed by atoms with E-state index in [9.17, 15) is 4.79 Å². The molecule has 0 aromatic heterocycles. The maximum Gasteiger partial charge on any atom is 0.243 e. The summed E-state index contributed by atoms with van der Waals surface area (Å²) >= 11 is 0. The van der Waals surface area contributed by atoms with Crippen LogP contribution in [0.15, 0.2) is 53.8 Å². The van der Waals surface area contributed by atoms with Crippen molar-refractivity contribution < 1.29 is 4.79 Å². The predicted molar refractivity (Wildman–Crippen MR) is 98.9 cm³/mol. The molecule has 0 fully saturated rings. The van der Waals surface area contributed by atoms with Crippen LogP contribution in [0.3, 0.4) is 0 Å². The quantitative estimate of drug-likeness (QED) is 0.895. The van der Waals surface area contributed by atoms with Gasteiger partial charge in [0, 0.05) is 24.5 Å². The molecule has 0 bridgehead atoms. The SMILES string of the molecule is Cc1ccc(C)c(NC(=O)CN2CC=CC=C2C2=CCNCC2)c1. The number of hydrogen-bond acceptors (Lipinski definition) is 3. The fourth-order valence-electron chi connectivity index (χ4n) is 3.10. The molecular weight excluding hydrogens is 298 g/mol. The Labute approximate surface area is 143 Å². The second kappa shape index (κ2) is 7.49. The maximum atomic E-state index is 12.5. The molecule has 0 spiro atoms. The fraction of sp³-hybridized carbons (Fsp3) is 0.350. The number of allylic oxidation sites excluding steroid dienone is 3. The third kappa shape index (κ3) is 3.95. The Morgan fingerprint density at radius 3 is 3.00 bits per heavy atom. The van der Waals surface area contributed by atoms with Crippen LogP contribution < -0.4 is 10.6 Å². The Morgan fingerprint density at radius 1 is 1.33 bits per heavy atom. The highest BCUT2D eigenvalue weighted by atomic mass is 16.2. The average Bonchev–Trinajstić information content (AvgIpc) is 2.59. The molecule has 0 unspecified atom stereocenters. The van der Waals surface area contributed by atoms with Crippen LogP contribution in [0.4, 0.5) is 5.69 Å². The van der Waals surface area contributed by atoms with E-state index in [1.54, 1.807) is 0 Å². The first kappa shape index (κ1) is 16.5. The number of benzene rings is 1. The van der Waals surface area contributed by atoms with Gasteiger partial charge in [0.25, 0.3) is 0 Å². The van der Waals surface area contributed by atoms with E-state index in [1.807, 2.05) is 26.0 Å². The molecule has 24 heavy (non-hydrogen) atoms. The second-order valence-corrected chi connectivity index (χ2v) is 6.41. The van der Waals surface area contributed by atoms with Gasteiger partial charge in [-0.15, -0.1) is 0 Å². The van der Waals surface area contributed by atoms with Crippen molar-refractivity contribution in [3.63, 3.8) is 0 Å². The monoisotopic (exact) mass is 323 g/mol. The lowest BCUT2D eigenvalue weighted by atomic mass is 10.0. The van der Waals surface area contributed by atoms with E-state index in [4.69, 9.17) is 0 Å². The number of hydrogen-bond donors (Lipinski definition) is 2. The van der Waals surface area contributed by atoms with Crippen molar-refractivity contribution in [3.8, 4) is 0 Å². The van der Waals surface area contributed by atoms with Gasteiger partial charge in [-0.1, -0.05) is 30.4 Å². The molecule has 0 saturated carbocycles. The molecule has 2 N–H and O–H groups in total. The summed E-state index contributed by atoms with van der Waals surface area (Å²) in [5.41, 5.74) is 5.65. The fourth-order valence-corrected chi connectivity index (χ4v) is 3.10. The lowest BCUT2D eigenvalue weighted by Crippen LogP contribution is -2.35. The number of carbonyl (C=O) groups excluding carboxylic acids is 1. The summed E-state index contributed by atoms with van der Waals surface area (Å²) in [7, 11) is 0. The van der Waals surface area contributed by atoms with Gasteiger partial charge in [-0.2, -0.15) is 0 Å². The molecule has 0 saturated heterocycles. The maximum absolute atomic E-state index is 12.5. The molecule has 0 aliphatic carbocycles. The largest absolute Gasteiger partial charge is 0.358 e. The highest BCUT2D eigenvalue weighted by molar-refractivity contribution is 5.93. The molecule has 1 amide bonds. The summed E-state index contributed by atoms with van der Waals surface area (Å²) in [6.45, 7) is 7.10. The highest BCUT2D eigenvalue weighted by Gasteiger charge is 2.19. The highest BCUT2D eigenvalue weighted by Crippen LogP contribution is 2.23. The lowest BCUT2D eigenvalue weighted by Gasteiger charge is -2.30. The minimum atomic E-state index is 0.0273. The van der Waals surface area contributed by atoms with E-state index in [-0.39, 0.29) is 5.91 Å². The van der Waals surface area contributed by atoms with Crippen molar-refractivity contribution in [3.05, 3.63) is 64.9 Å². The molecule has 0 atom stereocenters. The molecule has 0 radical (unpaired) electrons. The van der Waals surface area contributed by atoms with Crippen LogP contribution in [-0.4, -0.2) is 37.0 Å². The number of amides is 1. The van der Waals surface area contributed by atoms with Gasteiger partial charge in [0.1, 0.15) is 0 Å². The van der Waals surface area contributed by atoms with Gasteiger partial charge in [0.2, 0.25) is 5.91 Å².